The number of nitrogens with zero attached hydrogens (tertiary/aromatic N) is 1. The van der Waals surface area contributed by atoms with Gasteiger partial charge in [-0.2, -0.15) is 0 Å². The maximum absolute atomic E-state index is 11.8. The lowest BCUT2D eigenvalue weighted by atomic mass is 10.0. The summed E-state index contributed by atoms with van der Waals surface area (Å²) in [4.78, 5) is 14.2. The van der Waals surface area contributed by atoms with E-state index in [1.807, 2.05) is 12.1 Å². The molecule has 0 saturated heterocycles. The van der Waals surface area contributed by atoms with Crippen molar-refractivity contribution in [1.29, 1.82) is 0 Å². The van der Waals surface area contributed by atoms with Gasteiger partial charge in [-0.05, 0) is 31.0 Å². The Morgan fingerprint density at radius 2 is 2.22 bits per heavy atom. The van der Waals surface area contributed by atoms with Crippen LogP contribution in [0.2, 0.25) is 0 Å². The molecule has 4 nitrogen and oxygen atoms in total. The normalized spacial score (nSPS) is 14.8. The van der Waals surface area contributed by atoms with E-state index >= 15 is 0 Å². The van der Waals surface area contributed by atoms with Crippen LogP contribution in [0.4, 0.5) is 5.69 Å². The number of hydrogen-bond acceptors (Lipinski definition) is 4. The molecule has 2 rings (SSSR count). The standard InChI is InChI=1S/C14H20N2O2/c1-3-16(11-7-8-11)9-10-5-4-6-12(15)13(10)14(17)18-2/h4-6,11H,3,7-9,15H2,1-2H3. The Balaban J connectivity index is 2.25. The minimum absolute atomic E-state index is 0.352. The largest absolute Gasteiger partial charge is 0.465 e. The summed E-state index contributed by atoms with van der Waals surface area (Å²) >= 11 is 0. The lowest BCUT2D eigenvalue weighted by Gasteiger charge is -2.21. The molecule has 2 N–H and O–H groups in total. The summed E-state index contributed by atoms with van der Waals surface area (Å²) in [6.45, 7) is 3.89. The highest BCUT2D eigenvalue weighted by Crippen LogP contribution is 2.29. The van der Waals surface area contributed by atoms with Gasteiger partial charge in [-0.25, -0.2) is 4.79 Å². The summed E-state index contributed by atoms with van der Waals surface area (Å²) in [5.41, 5.74) is 7.85. The van der Waals surface area contributed by atoms with Gasteiger partial charge in [-0.1, -0.05) is 19.1 Å². The molecule has 0 spiro atoms. The first-order valence-corrected chi connectivity index (χ1v) is 6.37. The third-order valence-corrected chi connectivity index (χ3v) is 3.42. The molecule has 0 amide bonds. The van der Waals surface area contributed by atoms with Crippen LogP contribution in [0.25, 0.3) is 0 Å². The molecule has 0 heterocycles. The topological polar surface area (TPSA) is 55.6 Å². The van der Waals surface area contributed by atoms with Gasteiger partial charge in [0.05, 0.1) is 12.7 Å². The molecule has 1 saturated carbocycles. The van der Waals surface area contributed by atoms with Crippen LogP contribution in [0.15, 0.2) is 18.2 Å². The Morgan fingerprint density at radius 3 is 2.78 bits per heavy atom. The van der Waals surface area contributed by atoms with Crippen LogP contribution in [0.1, 0.15) is 35.7 Å². The van der Waals surface area contributed by atoms with Crippen LogP contribution in [-0.2, 0) is 11.3 Å². The Kier molecular flexibility index (Phi) is 3.87. The van der Waals surface area contributed by atoms with Crippen molar-refractivity contribution in [1.82, 2.24) is 4.90 Å². The van der Waals surface area contributed by atoms with E-state index in [0.29, 0.717) is 17.3 Å². The zero-order valence-corrected chi connectivity index (χ0v) is 11.0. The van der Waals surface area contributed by atoms with Gasteiger partial charge >= 0.3 is 5.97 Å². The number of benzene rings is 1. The maximum Gasteiger partial charge on any atom is 0.340 e. The SMILES string of the molecule is CCN(Cc1cccc(N)c1C(=O)OC)C1CC1. The first-order chi connectivity index (χ1) is 8.67. The molecule has 4 heteroatoms. The predicted octanol–water partition coefficient (Wildman–Crippen LogP) is 2.04. The highest BCUT2D eigenvalue weighted by Gasteiger charge is 2.29. The zero-order valence-electron chi connectivity index (χ0n) is 11.0. The average molecular weight is 248 g/mol. The molecule has 1 aromatic rings. The van der Waals surface area contributed by atoms with Gasteiger partial charge in [-0.15, -0.1) is 0 Å². The van der Waals surface area contributed by atoms with E-state index in [1.54, 1.807) is 6.07 Å². The van der Waals surface area contributed by atoms with Crippen molar-refractivity contribution in [2.24, 2.45) is 0 Å². The second kappa shape index (κ2) is 5.40. The monoisotopic (exact) mass is 248 g/mol. The van der Waals surface area contributed by atoms with Crippen LogP contribution < -0.4 is 5.73 Å². The third-order valence-electron chi connectivity index (χ3n) is 3.42. The number of hydrogen-bond donors (Lipinski definition) is 1. The van der Waals surface area contributed by atoms with Crippen molar-refractivity contribution in [3.8, 4) is 0 Å². The maximum atomic E-state index is 11.8. The van der Waals surface area contributed by atoms with E-state index in [2.05, 4.69) is 11.8 Å². The number of nitrogens with two attached hydrogens (primary N) is 1. The molecule has 98 valence electrons. The quantitative estimate of drug-likeness (QED) is 0.640. The second-order valence-corrected chi connectivity index (χ2v) is 4.67. The van der Waals surface area contributed by atoms with Crippen molar-refractivity contribution in [3.05, 3.63) is 29.3 Å². The number of anilines is 1. The number of rotatable bonds is 5. The molecular formula is C14H20N2O2. The summed E-state index contributed by atoms with van der Waals surface area (Å²) < 4.78 is 4.81. The van der Waals surface area contributed by atoms with Crippen molar-refractivity contribution in [2.75, 3.05) is 19.4 Å². The third kappa shape index (κ3) is 2.64. The Bertz CT molecular complexity index is 441. The number of carbonyl (C=O) groups excluding carboxylic acids is 1. The fraction of sp³-hybridized carbons (Fsp3) is 0.500. The van der Waals surface area contributed by atoms with E-state index in [9.17, 15) is 4.79 Å². The van der Waals surface area contributed by atoms with Gasteiger partial charge < -0.3 is 10.5 Å². The number of ether oxygens (including phenoxy) is 1. The van der Waals surface area contributed by atoms with E-state index in [0.717, 1.165) is 18.7 Å². The summed E-state index contributed by atoms with van der Waals surface area (Å²) in [6, 6.07) is 6.25. The van der Waals surface area contributed by atoms with Crippen LogP contribution in [0, 0.1) is 0 Å². The molecule has 0 aromatic heterocycles. The minimum atomic E-state index is -0.352. The molecule has 0 aliphatic heterocycles. The first-order valence-electron chi connectivity index (χ1n) is 6.37. The highest BCUT2D eigenvalue weighted by atomic mass is 16.5. The predicted molar refractivity (Wildman–Crippen MR) is 71.3 cm³/mol. The van der Waals surface area contributed by atoms with Crippen LogP contribution in [0.5, 0.6) is 0 Å². The molecule has 1 aliphatic rings. The van der Waals surface area contributed by atoms with E-state index in [4.69, 9.17) is 10.5 Å². The van der Waals surface area contributed by atoms with Crippen molar-refractivity contribution >= 4 is 11.7 Å². The second-order valence-electron chi connectivity index (χ2n) is 4.67. The molecule has 1 aliphatic carbocycles. The fourth-order valence-corrected chi connectivity index (χ4v) is 2.26. The van der Waals surface area contributed by atoms with E-state index in [-0.39, 0.29) is 5.97 Å². The van der Waals surface area contributed by atoms with Crippen molar-refractivity contribution in [3.63, 3.8) is 0 Å². The Labute approximate surface area is 108 Å². The van der Waals surface area contributed by atoms with Crippen molar-refractivity contribution in [2.45, 2.75) is 32.4 Å². The van der Waals surface area contributed by atoms with Crippen molar-refractivity contribution < 1.29 is 9.53 Å². The Hall–Kier alpha value is -1.55. The minimum Gasteiger partial charge on any atom is -0.465 e. The lowest BCUT2D eigenvalue weighted by Crippen LogP contribution is -2.26. The lowest BCUT2D eigenvalue weighted by molar-refractivity contribution is 0.0599. The van der Waals surface area contributed by atoms with Crippen LogP contribution in [0.3, 0.4) is 0 Å². The van der Waals surface area contributed by atoms with E-state index in [1.165, 1.54) is 20.0 Å². The molecule has 0 bridgehead atoms. The van der Waals surface area contributed by atoms with E-state index < -0.39 is 0 Å². The van der Waals surface area contributed by atoms with Crippen LogP contribution in [-0.4, -0.2) is 30.6 Å². The van der Waals surface area contributed by atoms with Gasteiger partial charge in [0, 0.05) is 18.3 Å². The molecule has 18 heavy (non-hydrogen) atoms. The molecule has 0 radical (unpaired) electrons. The summed E-state index contributed by atoms with van der Waals surface area (Å²) in [6.07, 6.45) is 2.51. The number of methoxy groups -OCH3 is 1. The fourth-order valence-electron chi connectivity index (χ4n) is 2.26. The molecule has 1 aromatic carbocycles. The number of carbonyl (C=O) groups is 1. The van der Waals surface area contributed by atoms with Gasteiger partial charge in [0.1, 0.15) is 0 Å². The zero-order chi connectivity index (χ0) is 13.1. The smallest absolute Gasteiger partial charge is 0.340 e. The van der Waals surface area contributed by atoms with Gasteiger partial charge in [0.2, 0.25) is 0 Å². The molecule has 1 fully saturated rings. The Morgan fingerprint density at radius 1 is 1.50 bits per heavy atom. The molecule has 0 atom stereocenters. The highest BCUT2D eigenvalue weighted by molar-refractivity contribution is 5.96. The van der Waals surface area contributed by atoms with Gasteiger partial charge in [0.15, 0.2) is 0 Å². The van der Waals surface area contributed by atoms with Gasteiger partial charge in [0.25, 0.3) is 0 Å². The van der Waals surface area contributed by atoms with Crippen LogP contribution >= 0.6 is 0 Å². The molecule has 0 unspecified atom stereocenters. The number of nitrogen functional groups attached to an aromatic ring is 1. The summed E-state index contributed by atoms with van der Waals surface area (Å²) in [5.74, 6) is -0.352. The summed E-state index contributed by atoms with van der Waals surface area (Å²) in [5, 5.41) is 0. The average Bonchev–Trinajstić information content (AvgIpc) is 3.19. The molecular weight excluding hydrogens is 228 g/mol. The number of esters is 1. The first kappa shape index (κ1) is 12.9. The van der Waals surface area contributed by atoms with Gasteiger partial charge in [-0.3, -0.25) is 4.90 Å². The summed E-state index contributed by atoms with van der Waals surface area (Å²) in [7, 11) is 1.39.